The Kier molecular flexibility index (Phi) is 6.08. The SMILES string of the molecule is C=C/C(=C\C=C(/C)n1cc(-c2ccc(C(=O)ON)cc2)c(C)n1)CC. The molecule has 0 bridgehead atoms. The Morgan fingerprint density at radius 1 is 1.32 bits per heavy atom. The van der Waals surface area contributed by atoms with Gasteiger partial charge in [0.05, 0.1) is 11.3 Å². The molecule has 2 rings (SSSR count). The van der Waals surface area contributed by atoms with Crippen molar-refractivity contribution in [3.05, 3.63) is 72.1 Å². The zero-order valence-corrected chi connectivity index (χ0v) is 14.8. The fraction of sp³-hybridized carbons (Fsp3) is 0.200. The Labute approximate surface area is 148 Å². The smallest absolute Gasteiger partial charge is 0.356 e. The maximum atomic E-state index is 11.4. The lowest BCUT2D eigenvalue weighted by Crippen LogP contribution is -2.09. The van der Waals surface area contributed by atoms with Gasteiger partial charge in [-0.15, -0.1) is 0 Å². The summed E-state index contributed by atoms with van der Waals surface area (Å²) < 4.78 is 1.85. The zero-order valence-electron chi connectivity index (χ0n) is 14.8. The van der Waals surface area contributed by atoms with Crippen LogP contribution < -0.4 is 5.90 Å². The molecule has 0 amide bonds. The molecule has 5 heteroatoms. The summed E-state index contributed by atoms with van der Waals surface area (Å²) in [7, 11) is 0. The van der Waals surface area contributed by atoms with Gasteiger partial charge in [-0.2, -0.15) is 11.0 Å². The Morgan fingerprint density at radius 3 is 2.56 bits per heavy atom. The molecule has 0 saturated carbocycles. The van der Waals surface area contributed by atoms with Gasteiger partial charge in [0.1, 0.15) is 0 Å². The Hall–Kier alpha value is -2.92. The Balaban J connectivity index is 2.31. The standard InChI is InChI=1S/C20H23N3O2/c1-5-16(6-2)8-7-14(3)23-13-19(15(4)22-23)17-9-11-18(12-10-17)20(24)25-21/h5,7-13H,1,6,21H2,2-4H3/b14-7+,16-8+. The van der Waals surface area contributed by atoms with E-state index in [-0.39, 0.29) is 0 Å². The maximum Gasteiger partial charge on any atom is 0.356 e. The van der Waals surface area contributed by atoms with Crippen LogP contribution in [-0.4, -0.2) is 15.7 Å². The number of carbonyl (C=O) groups is 1. The first kappa shape index (κ1) is 18.4. The van der Waals surface area contributed by atoms with Crippen molar-refractivity contribution in [3.63, 3.8) is 0 Å². The minimum atomic E-state index is -0.557. The molecule has 25 heavy (non-hydrogen) atoms. The number of nitrogens with zero attached hydrogens (tertiary/aromatic N) is 2. The van der Waals surface area contributed by atoms with Crippen LogP contribution in [0.3, 0.4) is 0 Å². The molecule has 0 unspecified atom stereocenters. The van der Waals surface area contributed by atoms with Gasteiger partial charge in [-0.3, -0.25) is 0 Å². The molecule has 0 fully saturated rings. The lowest BCUT2D eigenvalue weighted by molar-refractivity contribution is 0.0503. The molecule has 0 aliphatic rings. The summed E-state index contributed by atoms with van der Waals surface area (Å²) in [4.78, 5) is 15.6. The van der Waals surface area contributed by atoms with Crippen molar-refractivity contribution < 1.29 is 9.63 Å². The predicted molar refractivity (Wildman–Crippen MR) is 101 cm³/mol. The Morgan fingerprint density at radius 2 is 2.00 bits per heavy atom. The van der Waals surface area contributed by atoms with Crippen LogP contribution in [0.25, 0.3) is 16.8 Å². The summed E-state index contributed by atoms with van der Waals surface area (Å²) in [5, 5.41) is 4.57. The average Bonchev–Trinajstić information content (AvgIpc) is 3.03. The normalized spacial score (nSPS) is 12.2. The van der Waals surface area contributed by atoms with E-state index in [4.69, 9.17) is 5.90 Å². The highest BCUT2D eigenvalue weighted by Gasteiger charge is 2.10. The van der Waals surface area contributed by atoms with E-state index in [0.29, 0.717) is 5.56 Å². The molecule has 5 nitrogen and oxygen atoms in total. The van der Waals surface area contributed by atoms with E-state index in [9.17, 15) is 4.79 Å². The zero-order chi connectivity index (χ0) is 18.4. The summed E-state index contributed by atoms with van der Waals surface area (Å²) in [5.41, 5.74) is 5.47. The third-order valence-electron chi connectivity index (χ3n) is 4.01. The van der Waals surface area contributed by atoms with E-state index in [2.05, 4.69) is 23.4 Å². The first-order valence-electron chi connectivity index (χ1n) is 8.08. The number of aryl methyl sites for hydroxylation is 1. The maximum absolute atomic E-state index is 11.4. The van der Waals surface area contributed by atoms with Crippen molar-refractivity contribution in [2.45, 2.75) is 27.2 Å². The number of carbonyl (C=O) groups excluding carboxylic acids is 1. The number of allylic oxidation sites excluding steroid dienone is 5. The second kappa shape index (κ2) is 8.26. The van der Waals surface area contributed by atoms with Crippen LogP contribution in [0.1, 0.15) is 36.3 Å². The lowest BCUT2D eigenvalue weighted by Gasteiger charge is -2.02. The highest BCUT2D eigenvalue weighted by molar-refractivity contribution is 5.89. The van der Waals surface area contributed by atoms with E-state index < -0.39 is 5.97 Å². The van der Waals surface area contributed by atoms with Gasteiger partial charge in [0.2, 0.25) is 0 Å². The third-order valence-corrected chi connectivity index (χ3v) is 4.01. The molecule has 0 aliphatic carbocycles. The van der Waals surface area contributed by atoms with Gasteiger partial charge >= 0.3 is 5.97 Å². The molecule has 1 heterocycles. The highest BCUT2D eigenvalue weighted by Crippen LogP contribution is 2.24. The van der Waals surface area contributed by atoms with Crippen molar-refractivity contribution in [2.24, 2.45) is 5.90 Å². The molecule has 2 aromatic rings. The van der Waals surface area contributed by atoms with Crippen LogP contribution in [0.15, 0.2) is 60.8 Å². The van der Waals surface area contributed by atoms with Crippen LogP contribution in [0.4, 0.5) is 0 Å². The number of aromatic nitrogens is 2. The number of hydrogen-bond donors (Lipinski definition) is 1. The summed E-state index contributed by atoms with van der Waals surface area (Å²) in [6.07, 6.45) is 8.85. The van der Waals surface area contributed by atoms with Crippen molar-refractivity contribution in [2.75, 3.05) is 0 Å². The first-order chi connectivity index (χ1) is 12.0. The van der Waals surface area contributed by atoms with E-state index in [1.807, 2.05) is 55.1 Å². The van der Waals surface area contributed by atoms with Gasteiger partial charge in [0, 0.05) is 17.5 Å². The van der Waals surface area contributed by atoms with E-state index in [1.54, 1.807) is 12.1 Å². The van der Waals surface area contributed by atoms with Crippen LogP contribution in [0, 0.1) is 6.92 Å². The van der Waals surface area contributed by atoms with Crippen LogP contribution in [0.2, 0.25) is 0 Å². The van der Waals surface area contributed by atoms with E-state index in [0.717, 1.165) is 28.9 Å². The van der Waals surface area contributed by atoms with Crippen LogP contribution in [-0.2, 0) is 4.84 Å². The van der Waals surface area contributed by atoms with Gasteiger partial charge in [-0.05, 0) is 49.6 Å². The molecule has 2 N–H and O–H groups in total. The van der Waals surface area contributed by atoms with E-state index in [1.165, 1.54) is 5.57 Å². The van der Waals surface area contributed by atoms with Crippen molar-refractivity contribution in [1.82, 2.24) is 9.78 Å². The lowest BCUT2D eigenvalue weighted by atomic mass is 10.1. The highest BCUT2D eigenvalue weighted by atomic mass is 16.7. The van der Waals surface area contributed by atoms with Gasteiger partial charge in [-0.25, -0.2) is 9.48 Å². The van der Waals surface area contributed by atoms with Crippen LogP contribution >= 0.6 is 0 Å². The van der Waals surface area contributed by atoms with Gasteiger partial charge in [0.25, 0.3) is 0 Å². The molecular formula is C20H23N3O2. The van der Waals surface area contributed by atoms with Gasteiger partial charge in [-0.1, -0.05) is 37.8 Å². The minimum Gasteiger partial charge on any atom is -0.370 e. The van der Waals surface area contributed by atoms with Crippen LogP contribution in [0.5, 0.6) is 0 Å². The molecule has 0 atom stereocenters. The molecule has 130 valence electrons. The molecule has 0 saturated heterocycles. The number of hydrogen-bond acceptors (Lipinski definition) is 4. The van der Waals surface area contributed by atoms with Gasteiger partial charge < -0.3 is 4.84 Å². The molecular weight excluding hydrogens is 314 g/mol. The quantitative estimate of drug-likeness (QED) is 0.631. The summed E-state index contributed by atoms with van der Waals surface area (Å²) >= 11 is 0. The number of benzene rings is 1. The van der Waals surface area contributed by atoms with Gasteiger partial charge in [0.15, 0.2) is 0 Å². The molecule has 0 spiro atoms. The minimum absolute atomic E-state index is 0.411. The fourth-order valence-electron chi connectivity index (χ4n) is 2.41. The monoisotopic (exact) mass is 337 g/mol. The molecule has 0 aliphatic heterocycles. The molecule has 0 radical (unpaired) electrons. The van der Waals surface area contributed by atoms with Crippen molar-refractivity contribution in [3.8, 4) is 11.1 Å². The first-order valence-corrected chi connectivity index (χ1v) is 8.08. The summed E-state index contributed by atoms with van der Waals surface area (Å²) in [6.45, 7) is 9.86. The second-order valence-corrected chi connectivity index (χ2v) is 5.66. The predicted octanol–water partition coefficient (Wildman–Crippen LogP) is 4.27. The van der Waals surface area contributed by atoms with E-state index >= 15 is 0 Å². The van der Waals surface area contributed by atoms with Crippen molar-refractivity contribution >= 4 is 11.7 Å². The fourth-order valence-corrected chi connectivity index (χ4v) is 2.41. The average molecular weight is 337 g/mol. The summed E-state index contributed by atoms with van der Waals surface area (Å²) in [6, 6.07) is 7.08. The molecule has 1 aromatic carbocycles. The Bertz CT molecular complexity index is 827. The number of rotatable bonds is 6. The topological polar surface area (TPSA) is 70.1 Å². The summed E-state index contributed by atoms with van der Waals surface area (Å²) in [5.74, 6) is 4.35. The second-order valence-electron chi connectivity index (χ2n) is 5.66. The third kappa shape index (κ3) is 4.33. The largest absolute Gasteiger partial charge is 0.370 e. The van der Waals surface area contributed by atoms with Crippen molar-refractivity contribution in [1.29, 1.82) is 0 Å². The molecule has 1 aromatic heterocycles. The number of nitrogens with two attached hydrogens (primary N) is 1.